The van der Waals surface area contributed by atoms with Gasteiger partial charge in [0.2, 0.25) is 0 Å². The first-order chi connectivity index (χ1) is 14.8. The van der Waals surface area contributed by atoms with Gasteiger partial charge in [-0.1, -0.05) is 36.7 Å². The fraction of sp³-hybridized carbons (Fsp3) is 0.208. The van der Waals surface area contributed by atoms with Crippen LogP contribution in [0, 0.1) is 6.92 Å². The van der Waals surface area contributed by atoms with E-state index in [9.17, 15) is 13.2 Å². The van der Waals surface area contributed by atoms with Gasteiger partial charge in [-0.2, -0.15) is 0 Å². The molecule has 0 saturated heterocycles. The van der Waals surface area contributed by atoms with Crippen molar-refractivity contribution < 1.29 is 13.2 Å². The number of amides is 1. The molecule has 1 amide bonds. The average Bonchev–Trinajstić information content (AvgIpc) is 3.19. The Bertz CT molecular complexity index is 1250. The van der Waals surface area contributed by atoms with Gasteiger partial charge in [-0.3, -0.25) is 9.10 Å². The van der Waals surface area contributed by atoms with Crippen LogP contribution in [0.15, 0.2) is 65.6 Å². The van der Waals surface area contributed by atoms with Crippen LogP contribution >= 0.6 is 11.6 Å². The van der Waals surface area contributed by atoms with Crippen LogP contribution in [0.1, 0.15) is 34.0 Å². The fourth-order valence-corrected chi connectivity index (χ4v) is 5.51. The van der Waals surface area contributed by atoms with Crippen LogP contribution in [0.4, 0.5) is 11.4 Å². The number of aryl methyl sites for hydroxylation is 2. The van der Waals surface area contributed by atoms with Crippen LogP contribution in [0.25, 0.3) is 0 Å². The zero-order valence-corrected chi connectivity index (χ0v) is 18.9. The lowest BCUT2D eigenvalue weighted by molar-refractivity contribution is 0.102. The predicted octanol–water partition coefficient (Wildman–Crippen LogP) is 5.21. The number of anilines is 2. The van der Waals surface area contributed by atoms with E-state index in [-0.39, 0.29) is 10.8 Å². The van der Waals surface area contributed by atoms with E-state index in [0.717, 1.165) is 28.8 Å². The van der Waals surface area contributed by atoms with Crippen molar-refractivity contribution in [1.82, 2.24) is 0 Å². The van der Waals surface area contributed by atoms with Crippen molar-refractivity contribution in [3.05, 3.63) is 87.9 Å². The van der Waals surface area contributed by atoms with Crippen molar-refractivity contribution in [3.63, 3.8) is 0 Å². The molecular formula is C24H23ClN2O3S. The summed E-state index contributed by atoms with van der Waals surface area (Å²) in [6.45, 7) is 4.36. The summed E-state index contributed by atoms with van der Waals surface area (Å²) in [7, 11) is -3.69. The summed E-state index contributed by atoms with van der Waals surface area (Å²) in [5, 5.41) is 3.51. The number of fused-ring (bicyclic) bond motifs is 1. The zero-order chi connectivity index (χ0) is 22.2. The van der Waals surface area contributed by atoms with Crippen molar-refractivity contribution >= 4 is 38.9 Å². The molecule has 0 saturated carbocycles. The normalized spacial score (nSPS) is 13.2. The number of hydrogen-bond donors (Lipinski definition) is 1. The number of carbonyl (C=O) groups is 1. The Balaban J connectivity index is 1.61. The van der Waals surface area contributed by atoms with Gasteiger partial charge in [0.1, 0.15) is 0 Å². The molecule has 0 aliphatic carbocycles. The zero-order valence-electron chi connectivity index (χ0n) is 17.4. The quantitative estimate of drug-likeness (QED) is 0.575. The number of para-hydroxylation sites is 1. The number of hydrogen-bond acceptors (Lipinski definition) is 3. The van der Waals surface area contributed by atoms with Gasteiger partial charge in [0.15, 0.2) is 0 Å². The molecule has 5 nitrogen and oxygen atoms in total. The van der Waals surface area contributed by atoms with Crippen LogP contribution in [0.5, 0.6) is 0 Å². The lowest BCUT2D eigenvalue weighted by Crippen LogP contribution is -2.29. The third kappa shape index (κ3) is 4.05. The third-order valence-corrected chi connectivity index (χ3v) is 7.65. The summed E-state index contributed by atoms with van der Waals surface area (Å²) in [4.78, 5) is 13.1. The van der Waals surface area contributed by atoms with E-state index in [1.54, 1.807) is 30.3 Å². The van der Waals surface area contributed by atoms with Gasteiger partial charge in [0.05, 0.1) is 10.6 Å². The van der Waals surface area contributed by atoms with Crippen LogP contribution in [0.3, 0.4) is 0 Å². The topological polar surface area (TPSA) is 66.5 Å². The maximum Gasteiger partial charge on any atom is 0.264 e. The molecule has 0 radical (unpaired) electrons. The molecule has 1 aliphatic heterocycles. The minimum absolute atomic E-state index is 0.193. The first kappa shape index (κ1) is 21.4. The molecule has 0 bridgehead atoms. The van der Waals surface area contributed by atoms with Crippen LogP contribution in [-0.4, -0.2) is 20.9 Å². The molecule has 1 N–H and O–H groups in total. The minimum atomic E-state index is -3.69. The molecule has 4 rings (SSSR count). The number of benzene rings is 3. The first-order valence-corrected chi connectivity index (χ1v) is 11.9. The molecule has 0 fully saturated rings. The highest BCUT2D eigenvalue weighted by atomic mass is 35.5. The Morgan fingerprint density at radius 1 is 1.10 bits per heavy atom. The first-order valence-electron chi connectivity index (χ1n) is 10.1. The number of nitrogens with one attached hydrogen (secondary N) is 1. The van der Waals surface area contributed by atoms with Gasteiger partial charge < -0.3 is 5.32 Å². The van der Waals surface area contributed by atoms with Gasteiger partial charge in [-0.05, 0) is 78.9 Å². The van der Waals surface area contributed by atoms with E-state index in [4.69, 9.17) is 11.6 Å². The molecule has 1 aliphatic rings. The largest absolute Gasteiger partial charge is 0.321 e. The van der Waals surface area contributed by atoms with Crippen LogP contribution in [-0.2, 0) is 22.9 Å². The summed E-state index contributed by atoms with van der Waals surface area (Å²) < 4.78 is 27.6. The summed E-state index contributed by atoms with van der Waals surface area (Å²) in [5.41, 5.74) is 4.88. The molecule has 0 atom stereocenters. The molecule has 7 heteroatoms. The minimum Gasteiger partial charge on any atom is -0.321 e. The van der Waals surface area contributed by atoms with Crippen molar-refractivity contribution in [2.45, 2.75) is 31.6 Å². The Hall–Kier alpha value is -2.83. The number of nitrogens with zero attached hydrogens (tertiary/aromatic N) is 1. The lowest BCUT2D eigenvalue weighted by atomic mass is 10.0. The standard InChI is InChI=1S/C24H23ClN2O3S/c1-3-17-6-4-5-16(2)23(17)26-24(28)19-7-12-22-18(15-19)13-14-27(22)31(29,30)21-10-8-20(25)9-11-21/h4-12,15H,3,13-14H2,1-2H3,(H,26,28). The lowest BCUT2D eigenvalue weighted by Gasteiger charge is -2.20. The molecule has 160 valence electrons. The summed E-state index contributed by atoms with van der Waals surface area (Å²) in [5.74, 6) is -0.203. The van der Waals surface area contributed by atoms with Gasteiger partial charge >= 0.3 is 0 Å². The molecule has 0 aromatic heterocycles. The Morgan fingerprint density at radius 3 is 2.55 bits per heavy atom. The van der Waals surface area contributed by atoms with Gasteiger partial charge in [-0.25, -0.2) is 8.42 Å². The van der Waals surface area contributed by atoms with Crippen LogP contribution < -0.4 is 9.62 Å². The molecule has 3 aromatic carbocycles. The van der Waals surface area contributed by atoms with Gasteiger partial charge in [0.25, 0.3) is 15.9 Å². The van der Waals surface area contributed by atoms with Crippen molar-refractivity contribution in [1.29, 1.82) is 0 Å². The predicted molar refractivity (Wildman–Crippen MR) is 125 cm³/mol. The Morgan fingerprint density at radius 2 is 1.84 bits per heavy atom. The second-order valence-electron chi connectivity index (χ2n) is 7.54. The molecule has 3 aromatic rings. The maximum atomic E-state index is 13.1. The average molecular weight is 455 g/mol. The molecule has 31 heavy (non-hydrogen) atoms. The number of sulfonamides is 1. The van der Waals surface area contributed by atoms with Crippen LogP contribution in [0.2, 0.25) is 5.02 Å². The number of rotatable bonds is 5. The van der Waals surface area contributed by atoms with E-state index >= 15 is 0 Å². The van der Waals surface area contributed by atoms with Crippen molar-refractivity contribution in [3.8, 4) is 0 Å². The fourth-order valence-electron chi connectivity index (χ4n) is 3.88. The molecule has 1 heterocycles. The second-order valence-corrected chi connectivity index (χ2v) is 9.84. The molecule has 0 spiro atoms. The maximum absolute atomic E-state index is 13.1. The highest BCUT2D eigenvalue weighted by Gasteiger charge is 2.31. The SMILES string of the molecule is CCc1cccc(C)c1NC(=O)c1ccc2c(c1)CCN2S(=O)(=O)c1ccc(Cl)cc1. The number of carbonyl (C=O) groups excluding carboxylic acids is 1. The summed E-state index contributed by atoms with van der Waals surface area (Å²) >= 11 is 5.89. The van der Waals surface area contributed by atoms with Crippen molar-refractivity contribution in [2.75, 3.05) is 16.2 Å². The molecule has 0 unspecified atom stereocenters. The summed E-state index contributed by atoms with van der Waals surface area (Å²) in [6.07, 6.45) is 1.37. The van der Waals surface area contributed by atoms with E-state index in [1.807, 2.05) is 25.1 Å². The third-order valence-electron chi connectivity index (χ3n) is 5.57. The van der Waals surface area contributed by atoms with E-state index < -0.39 is 10.0 Å². The van der Waals surface area contributed by atoms with E-state index in [2.05, 4.69) is 12.2 Å². The van der Waals surface area contributed by atoms with Gasteiger partial charge in [-0.15, -0.1) is 0 Å². The Labute approximate surface area is 187 Å². The highest BCUT2D eigenvalue weighted by Crippen LogP contribution is 2.34. The summed E-state index contributed by atoms with van der Waals surface area (Å²) in [6, 6.07) is 17.3. The smallest absolute Gasteiger partial charge is 0.264 e. The van der Waals surface area contributed by atoms with E-state index in [0.29, 0.717) is 29.2 Å². The van der Waals surface area contributed by atoms with Gasteiger partial charge in [0, 0.05) is 22.8 Å². The molecular weight excluding hydrogens is 432 g/mol. The second kappa shape index (κ2) is 8.36. The number of halogens is 1. The monoisotopic (exact) mass is 454 g/mol. The Kier molecular flexibility index (Phi) is 5.77. The highest BCUT2D eigenvalue weighted by molar-refractivity contribution is 7.92. The van der Waals surface area contributed by atoms with Crippen molar-refractivity contribution in [2.24, 2.45) is 0 Å². The van der Waals surface area contributed by atoms with E-state index in [1.165, 1.54) is 16.4 Å².